The maximum atomic E-state index is 12.3. The fraction of sp³-hybridized carbons (Fsp3) is 0.700. The van der Waals surface area contributed by atoms with Gasteiger partial charge in [0.05, 0.1) is 6.04 Å². The van der Waals surface area contributed by atoms with E-state index in [1.165, 1.54) is 32.1 Å². The molecular weight excluding hydrogens is 314 g/mol. The standard InChI is InChI=1S/C20H33N3O2/c1-2-3-4-5-6-9-19(24)22-18(16-23-14-7-8-15-23)20(25)17-10-12-21-13-11-17/h10-13,18,20,25H,2-9,14-16H2,1H3,(H,22,24)/t18-,20-/m0/s1. The Kier molecular flexibility index (Phi) is 8.91. The molecule has 2 atom stereocenters. The largest absolute Gasteiger partial charge is 0.386 e. The van der Waals surface area contributed by atoms with Crippen LogP contribution in [0.2, 0.25) is 0 Å². The van der Waals surface area contributed by atoms with E-state index < -0.39 is 6.10 Å². The van der Waals surface area contributed by atoms with Gasteiger partial charge in [-0.1, -0.05) is 32.6 Å². The van der Waals surface area contributed by atoms with Gasteiger partial charge in [0.25, 0.3) is 0 Å². The second kappa shape index (κ2) is 11.2. The van der Waals surface area contributed by atoms with Crippen molar-refractivity contribution in [2.45, 2.75) is 70.4 Å². The molecule has 1 aliphatic rings. The molecule has 0 bridgehead atoms. The predicted octanol–water partition coefficient (Wildman–Crippen LogP) is 3.06. The highest BCUT2D eigenvalue weighted by molar-refractivity contribution is 5.76. The smallest absolute Gasteiger partial charge is 0.220 e. The molecule has 5 heteroatoms. The molecular formula is C20H33N3O2. The number of pyridine rings is 1. The molecule has 0 unspecified atom stereocenters. The number of hydrogen-bond acceptors (Lipinski definition) is 4. The Morgan fingerprint density at radius 2 is 1.88 bits per heavy atom. The molecule has 0 aromatic carbocycles. The highest BCUT2D eigenvalue weighted by Gasteiger charge is 2.26. The third-order valence-corrected chi connectivity index (χ3v) is 4.94. The molecule has 1 aliphatic heterocycles. The number of nitrogens with one attached hydrogen (secondary N) is 1. The normalized spacial score (nSPS) is 17.4. The van der Waals surface area contributed by atoms with Crippen molar-refractivity contribution >= 4 is 5.91 Å². The minimum atomic E-state index is -0.701. The Morgan fingerprint density at radius 1 is 1.20 bits per heavy atom. The average Bonchev–Trinajstić information content (AvgIpc) is 3.14. The van der Waals surface area contributed by atoms with Gasteiger partial charge in [-0.2, -0.15) is 0 Å². The van der Waals surface area contributed by atoms with Crippen LogP contribution in [0.25, 0.3) is 0 Å². The summed E-state index contributed by atoms with van der Waals surface area (Å²) >= 11 is 0. The fourth-order valence-corrected chi connectivity index (χ4v) is 3.43. The third kappa shape index (κ3) is 7.12. The van der Waals surface area contributed by atoms with Gasteiger partial charge in [-0.3, -0.25) is 9.78 Å². The number of hydrogen-bond donors (Lipinski definition) is 2. The molecule has 2 heterocycles. The van der Waals surface area contributed by atoms with E-state index in [9.17, 15) is 9.90 Å². The summed E-state index contributed by atoms with van der Waals surface area (Å²) in [5, 5.41) is 13.8. The van der Waals surface area contributed by atoms with E-state index in [2.05, 4.69) is 22.1 Å². The van der Waals surface area contributed by atoms with Crippen LogP contribution in [0.3, 0.4) is 0 Å². The third-order valence-electron chi connectivity index (χ3n) is 4.94. The number of amides is 1. The van der Waals surface area contributed by atoms with Crippen LogP contribution in [-0.2, 0) is 4.79 Å². The highest BCUT2D eigenvalue weighted by atomic mass is 16.3. The number of rotatable bonds is 11. The van der Waals surface area contributed by atoms with E-state index >= 15 is 0 Å². The Hall–Kier alpha value is -1.46. The van der Waals surface area contributed by atoms with Crippen LogP contribution in [-0.4, -0.2) is 46.6 Å². The SMILES string of the molecule is CCCCCCCC(=O)N[C@@H](CN1CCCC1)[C@@H](O)c1ccncc1. The van der Waals surface area contributed by atoms with Gasteiger partial charge in [-0.25, -0.2) is 0 Å². The lowest BCUT2D eigenvalue weighted by molar-refractivity contribution is -0.123. The Morgan fingerprint density at radius 3 is 2.56 bits per heavy atom. The summed E-state index contributed by atoms with van der Waals surface area (Å²) in [5.74, 6) is 0.0498. The molecule has 0 saturated carbocycles. The lowest BCUT2D eigenvalue weighted by Crippen LogP contribution is -2.46. The van der Waals surface area contributed by atoms with Crippen molar-refractivity contribution in [1.29, 1.82) is 0 Å². The molecule has 5 nitrogen and oxygen atoms in total. The zero-order valence-electron chi connectivity index (χ0n) is 15.5. The number of unbranched alkanes of at least 4 members (excludes halogenated alkanes) is 4. The van der Waals surface area contributed by atoms with Crippen LogP contribution < -0.4 is 5.32 Å². The van der Waals surface area contributed by atoms with Crippen LogP contribution in [0.4, 0.5) is 0 Å². The fourth-order valence-electron chi connectivity index (χ4n) is 3.43. The average molecular weight is 348 g/mol. The summed E-state index contributed by atoms with van der Waals surface area (Å²) in [7, 11) is 0. The van der Waals surface area contributed by atoms with Gasteiger partial charge < -0.3 is 15.3 Å². The van der Waals surface area contributed by atoms with Gasteiger partial charge in [-0.05, 0) is 50.0 Å². The van der Waals surface area contributed by atoms with Gasteiger partial charge in [0.1, 0.15) is 6.10 Å². The number of aliphatic hydroxyl groups is 1. The Bertz CT molecular complexity index is 489. The van der Waals surface area contributed by atoms with Crippen LogP contribution >= 0.6 is 0 Å². The van der Waals surface area contributed by atoms with Gasteiger partial charge in [0.2, 0.25) is 5.91 Å². The van der Waals surface area contributed by atoms with Gasteiger partial charge in [-0.15, -0.1) is 0 Å². The summed E-state index contributed by atoms with van der Waals surface area (Å²) in [4.78, 5) is 18.7. The topological polar surface area (TPSA) is 65.5 Å². The molecule has 25 heavy (non-hydrogen) atoms. The summed E-state index contributed by atoms with van der Waals surface area (Å²) in [6.07, 6.45) is 11.3. The number of aromatic nitrogens is 1. The number of likely N-dealkylation sites (tertiary alicyclic amines) is 1. The molecule has 1 aromatic rings. The molecule has 1 saturated heterocycles. The second-order valence-electron chi connectivity index (χ2n) is 7.07. The lowest BCUT2D eigenvalue weighted by Gasteiger charge is -2.28. The first-order chi connectivity index (χ1) is 12.2. The quantitative estimate of drug-likeness (QED) is 0.604. The zero-order valence-corrected chi connectivity index (χ0v) is 15.5. The maximum absolute atomic E-state index is 12.3. The van der Waals surface area contributed by atoms with Gasteiger partial charge in [0, 0.05) is 25.4 Å². The van der Waals surface area contributed by atoms with Crippen LogP contribution in [0, 0.1) is 0 Å². The molecule has 0 radical (unpaired) electrons. The molecule has 1 amide bonds. The summed E-state index contributed by atoms with van der Waals surface area (Å²) in [6.45, 7) is 4.99. The minimum absolute atomic E-state index is 0.0498. The monoisotopic (exact) mass is 347 g/mol. The molecule has 140 valence electrons. The molecule has 2 rings (SSSR count). The minimum Gasteiger partial charge on any atom is -0.386 e. The van der Waals surface area contributed by atoms with E-state index in [0.29, 0.717) is 13.0 Å². The van der Waals surface area contributed by atoms with Crippen molar-refractivity contribution in [2.24, 2.45) is 0 Å². The van der Waals surface area contributed by atoms with Crippen molar-refractivity contribution in [2.75, 3.05) is 19.6 Å². The lowest BCUT2D eigenvalue weighted by atomic mass is 10.0. The summed E-state index contributed by atoms with van der Waals surface area (Å²) < 4.78 is 0. The zero-order chi connectivity index (χ0) is 17.9. The summed E-state index contributed by atoms with van der Waals surface area (Å²) in [5.41, 5.74) is 0.808. The Labute approximate surface area is 151 Å². The first kappa shape index (κ1) is 19.9. The van der Waals surface area contributed by atoms with E-state index in [-0.39, 0.29) is 11.9 Å². The number of carbonyl (C=O) groups is 1. The van der Waals surface area contributed by atoms with E-state index in [0.717, 1.165) is 31.5 Å². The van der Waals surface area contributed by atoms with Gasteiger partial charge >= 0.3 is 0 Å². The van der Waals surface area contributed by atoms with Crippen molar-refractivity contribution in [3.8, 4) is 0 Å². The molecule has 0 spiro atoms. The van der Waals surface area contributed by atoms with Crippen LogP contribution in [0.5, 0.6) is 0 Å². The molecule has 1 fully saturated rings. The van der Waals surface area contributed by atoms with Crippen LogP contribution in [0.1, 0.15) is 70.0 Å². The Balaban J connectivity index is 1.88. The maximum Gasteiger partial charge on any atom is 0.220 e. The van der Waals surface area contributed by atoms with E-state index in [1.807, 2.05) is 12.1 Å². The van der Waals surface area contributed by atoms with Crippen molar-refractivity contribution in [3.05, 3.63) is 30.1 Å². The number of carbonyl (C=O) groups excluding carboxylic acids is 1. The molecule has 2 N–H and O–H groups in total. The number of nitrogens with zero attached hydrogens (tertiary/aromatic N) is 2. The van der Waals surface area contributed by atoms with Crippen molar-refractivity contribution < 1.29 is 9.90 Å². The molecule has 0 aliphatic carbocycles. The summed E-state index contributed by atoms with van der Waals surface area (Å²) in [6, 6.07) is 3.36. The molecule has 1 aromatic heterocycles. The van der Waals surface area contributed by atoms with Crippen LogP contribution in [0.15, 0.2) is 24.5 Å². The van der Waals surface area contributed by atoms with Crippen molar-refractivity contribution in [1.82, 2.24) is 15.2 Å². The van der Waals surface area contributed by atoms with E-state index in [4.69, 9.17) is 0 Å². The van der Waals surface area contributed by atoms with Crippen molar-refractivity contribution in [3.63, 3.8) is 0 Å². The second-order valence-corrected chi connectivity index (χ2v) is 7.07. The van der Waals surface area contributed by atoms with Gasteiger partial charge in [0.15, 0.2) is 0 Å². The highest BCUT2D eigenvalue weighted by Crippen LogP contribution is 2.19. The van der Waals surface area contributed by atoms with E-state index in [1.54, 1.807) is 12.4 Å². The first-order valence-electron chi connectivity index (χ1n) is 9.80. The number of aliphatic hydroxyl groups excluding tert-OH is 1. The first-order valence-corrected chi connectivity index (χ1v) is 9.80. The predicted molar refractivity (Wildman–Crippen MR) is 100 cm³/mol.